The van der Waals surface area contributed by atoms with Crippen LogP contribution in [0.2, 0.25) is 0 Å². The molecule has 0 N–H and O–H groups in total. The number of benzene rings is 1. The summed E-state index contributed by atoms with van der Waals surface area (Å²) >= 11 is 0. The minimum absolute atomic E-state index is 0.0302. The molecular weight excluding hydrogens is 240 g/mol. The number of hydrogen-bond acceptors (Lipinski definition) is 3. The summed E-state index contributed by atoms with van der Waals surface area (Å²) in [5, 5.41) is 0. The maximum atomic E-state index is 12.1. The van der Waals surface area contributed by atoms with E-state index in [0.717, 1.165) is 11.1 Å². The highest BCUT2D eigenvalue weighted by Crippen LogP contribution is 2.23. The number of rotatable bonds is 8. The first-order valence-corrected chi connectivity index (χ1v) is 6.39. The monoisotopic (exact) mass is 262 g/mol. The van der Waals surface area contributed by atoms with Crippen molar-refractivity contribution in [2.75, 3.05) is 14.2 Å². The molecule has 1 unspecified atom stereocenters. The highest BCUT2D eigenvalue weighted by Gasteiger charge is 2.22. The molecule has 3 heteroatoms. The van der Waals surface area contributed by atoms with Crippen molar-refractivity contribution in [3.8, 4) is 0 Å². The summed E-state index contributed by atoms with van der Waals surface area (Å²) in [6.07, 6.45) is 0.793. The van der Waals surface area contributed by atoms with E-state index in [2.05, 4.69) is 6.58 Å². The van der Waals surface area contributed by atoms with Crippen molar-refractivity contribution >= 4 is 5.78 Å². The summed E-state index contributed by atoms with van der Waals surface area (Å²) in [5.74, 6) is 0.167. The molecule has 0 amide bonds. The maximum Gasteiger partial charge on any atom is 0.163 e. The van der Waals surface area contributed by atoms with Crippen molar-refractivity contribution < 1.29 is 14.3 Å². The van der Waals surface area contributed by atoms with Gasteiger partial charge in [0.15, 0.2) is 12.1 Å². The first-order chi connectivity index (χ1) is 9.10. The number of methoxy groups -OCH3 is 2. The Labute approximate surface area is 115 Å². The smallest absolute Gasteiger partial charge is 0.163 e. The van der Waals surface area contributed by atoms with Crippen molar-refractivity contribution in [3.05, 3.63) is 48.0 Å². The average molecular weight is 262 g/mol. The molecule has 1 aromatic carbocycles. The zero-order valence-corrected chi connectivity index (χ0v) is 11.9. The SMILES string of the molecule is C=C(C)C(CCC(=O)c1ccccc1)C(OC)OC. The normalized spacial score (nSPS) is 12.4. The third-order valence-electron chi connectivity index (χ3n) is 3.20. The van der Waals surface area contributed by atoms with Crippen LogP contribution in [0.3, 0.4) is 0 Å². The van der Waals surface area contributed by atoms with E-state index in [-0.39, 0.29) is 18.0 Å². The van der Waals surface area contributed by atoms with Crippen LogP contribution in [0.1, 0.15) is 30.1 Å². The zero-order chi connectivity index (χ0) is 14.3. The molecule has 0 aliphatic carbocycles. The van der Waals surface area contributed by atoms with Gasteiger partial charge in [-0.15, -0.1) is 0 Å². The molecule has 1 aromatic rings. The summed E-state index contributed by atoms with van der Waals surface area (Å²) in [6.45, 7) is 5.88. The van der Waals surface area contributed by atoms with Crippen LogP contribution in [-0.2, 0) is 9.47 Å². The van der Waals surface area contributed by atoms with Gasteiger partial charge in [-0.05, 0) is 13.3 Å². The fourth-order valence-corrected chi connectivity index (χ4v) is 2.09. The standard InChI is InChI=1S/C16H22O3/c1-12(2)14(16(18-3)19-4)10-11-15(17)13-8-6-5-7-9-13/h5-9,14,16H,1,10-11H2,2-4H3. The number of ketones is 1. The summed E-state index contributed by atoms with van der Waals surface area (Å²) in [7, 11) is 3.20. The second-order valence-electron chi connectivity index (χ2n) is 4.62. The van der Waals surface area contributed by atoms with E-state index < -0.39 is 0 Å². The van der Waals surface area contributed by atoms with Crippen LogP contribution in [0.25, 0.3) is 0 Å². The van der Waals surface area contributed by atoms with Gasteiger partial charge < -0.3 is 9.47 Å². The van der Waals surface area contributed by atoms with Gasteiger partial charge in [-0.2, -0.15) is 0 Å². The van der Waals surface area contributed by atoms with Crippen LogP contribution in [0.15, 0.2) is 42.5 Å². The van der Waals surface area contributed by atoms with Crippen molar-refractivity contribution in [1.29, 1.82) is 0 Å². The fourth-order valence-electron chi connectivity index (χ4n) is 2.09. The Morgan fingerprint density at radius 2 is 1.79 bits per heavy atom. The lowest BCUT2D eigenvalue weighted by molar-refractivity contribution is -0.129. The third-order valence-corrected chi connectivity index (χ3v) is 3.20. The summed E-state index contributed by atoms with van der Waals surface area (Å²) in [4.78, 5) is 12.1. The van der Waals surface area contributed by atoms with Crippen molar-refractivity contribution in [1.82, 2.24) is 0 Å². The van der Waals surface area contributed by atoms with E-state index in [9.17, 15) is 4.79 Å². The first-order valence-electron chi connectivity index (χ1n) is 6.39. The maximum absolute atomic E-state index is 12.1. The summed E-state index contributed by atoms with van der Waals surface area (Å²) < 4.78 is 10.5. The zero-order valence-electron chi connectivity index (χ0n) is 11.9. The molecule has 0 heterocycles. The Hall–Kier alpha value is -1.45. The third kappa shape index (κ3) is 4.62. The predicted octanol–water partition coefficient (Wildman–Crippen LogP) is 3.46. The molecule has 0 saturated heterocycles. The van der Waals surface area contributed by atoms with Gasteiger partial charge in [0.1, 0.15) is 0 Å². The van der Waals surface area contributed by atoms with Gasteiger partial charge >= 0.3 is 0 Å². The van der Waals surface area contributed by atoms with Crippen LogP contribution in [0, 0.1) is 5.92 Å². The lowest BCUT2D eigenvalue weighted by Crippen LogP contribution is -2.26. The van der Waals surface area contributed by atoms with E-state index >= 15 is 0 Å². The quantitative estimate of drug-likeness (QED) is 0.409. The highest BCUT2D eigenvalue weighted by atomic mass is 16.7. The molecule has 0 aliphatic rings. The average Bonchev–Trinajstić information content (AvgIpc) is 2.43. The van der Waals surface area contributed by atoms with Crippen LogP contribution in [-0.4, -0.2) is 26.3 Å². The van der Waals surface area contributed by atoms with Gasteiger partial charge in [0, 0.05) is 32.1 Å². The molecule has 0 aliphatic heterocycles. The molecule has 3 nitrogen and oxygen atoms in total. The lowest BCUT2D eigenvalue weighted by Gasteiger charge is -2.24. The van der Waals surface area contributed by atoms with Crippen molar-refractivity contribution in [2.45, 2.75) is 26.1 Å². The Bertz CT molecular complexity index is 407. The largest absolute Gasteiger partial charge is 0.355 e. The van der Waals surface area contributed by atoms with Gasteiger partial charge in [0.25, 0.3) is 0 Å². The number of hydrogen-bond donors (Lipinski definition) is 0. The molecular formula is C16H22O3. The van der Waals surface area contributed by atoms with E-state index in [1.165, 1.54) is 0 Å². The van der Waals surface area contributed by atoms with Gasteiger partial charge in [0.05, 0.1) is 0 Å². The molecule has 19 heavy (non-hydrogen) atoms. The number of Topliss-reactive ketones (excluding diaryl/α,β-unsaturated/α-hetero) is 1. The van der Waals surface area contributed by atoms with Gasteiger partial charge in [-0.3, -0.25) is 4.79 Å². The molecule has 0 fully saturated rings. The Kier molecular flexibility index (Phi) is 6.46. The minimum Gasteiger partial charge on any atom is -0.355 e. The number of ether oxygens (including phenoxy) is 2. The van der Waals surface area contributed by atoms with Gasteiger partial charge in [-0.1, -0.05) is 42.5 Å². The number of carbonyl (C=O) groups excluding carboxylic acids is 1. The summed E-state index contributed by atoms with van der Waals surface area (Å²) in [5.41, 5.74) is 1.71. The molecule has 1 atom stereocenters. The predicted molar refractivity (Wildman–Crippen MR) is 76.1 cm³/mol. The minimum atomic E-state index is -0.346. The molecule has 0 saturated carbocycles. The molecule has 0 radical (unpaired) electrons. The Morgan fingerprint density at radius 3 is 2.26 bits per heavy atom. The second-order valence-corrected chi connectivity index (χ2v) is 4.62. The summed E-state index contributed by atoms with van der Waals surface area (Å²) in [6, 6.07) is 9.32. The lowest BCUT2D eigenvalue weighted by atomic mass is 9.93. The molecule has 0 bridgehead atoms. The van der Waals surface area contributed by atoms with Gasteiger partial charge in [0.2, 0.25) is 0 Å². The van der Waals surface area contributed by atoms with Crippen LogP contribution < -0.4 is 0 Å². The fraction of sp³-hybridized carbons (Fsp3) is 0.438. The van der Waals surface area contributed by atoms with E-state index in [1.807, 2.05) is 37.3 Å². The van der Waals surface area contributed by atoms with Crippen LogP contribution in [0.4, 0.5) is 0 Å². The van der Waals surface area contributed by atoms with Crippen LogP contribution in [0.5, 0.6) is 0 Å². The molecule has 0 spiro atoms. The molecule has 0 aromatic heterocycles. The topological polar surface area (TPSA) is 35.5 Å². The molecule has 104 valence electrons. The van der Waals surface area contributed by atoms with Crippen molar-refractivity contribution in [2.24, 2.45) is 5.92 Å². The van der Waals surface area contributed by atoms with E-state index in [0.29, 0.717) is 12.8 Å². The highest BCUT2D eigenvalue weighted by molar-refractivity contribution is 5.95. The Morgan fingerprint density at radius 1 is 1.21 bits per heavy atom. The molecule has 1 rings (SSSR count). The van der Waals surface area contributed by atoms with Crippen LogP contribution >= 0.6 is 0 Å². The first kappa shape index (κ1) is 15.6. The van der Waals surface area contributed by atoms with E-state index in [4.69, 9.17) is 9.47 Å². The van der Waals surface area contributed by atoms with Crippen molar-refractivity contribution in [3.63, 3.8) is 0 Å². The Balaban J connectivity index is 2.62. The van der Waals surface area contributed by atoms with Gasteiger partial charge in [-0.25, -0.2) is 0 Å². The van der Waals surface area contributed by atoms with E-state index in [1.54, 1.807) is 14.2 Å². The number of carbonyl (C=O) groups is 1. The second kappa shape index (κ2) is 7.87.